The fraction of sp³-hybridized carbons (Fsp3) is 0.471. The number of hydrogen-bond donors (Lipinski definition) is 1. The van der Waals surface area contributed by atoms with Crippen molar-refractivity contribution in [2.24, 2.45) is 0 Å². The highest BCUT2D eigenvalue weighted by Gasteiger charge is 2.19. The number of nitrogens with zero attached hydrogens (tertiary/aromatic N) is 1. The molecule has 1 heterocycles. The lowest BCUT2D eigenvalue weighted by atomic mass is 10.1. The van der Waals surface area contributed by atoms with Crippen molar-refractivity contribution in [2.75, 3.05) is 7.11 Å². The SMILES string of the molecule is COC(=O)CCCn1ccc2cc(CNC3CC3)ccc21. The molecular weight excluding hydrogens is 264 g/mol. The van der Waals surface area contributed by atoms with Crippen molar-refractivity contribution in [1.29, 1.82) is 0 Å². The molecule has 0 saturated heterocycles. The zero-order valence-corrected chi connectivity index (χ0v) is 12.5. The van der Waals surface area contributed by atoms with Gasteiger partial charge in [0.05, 0.1) is 7.11 Å². The second-order valence-corrected chi connectivity index (χ2v) is 5.74. The van der Waals surface area contributed by atoms with Crippen LogP contribution in [0, 0.1) is 0 Å². The van der Waals surface area contributed by atoms with Crippen molar-refractivity contribution in [3.05, 3.63) is 36.0 Å². The van der Waals surface area contributed by atoms with E-state index in [1.807, 2.05) is 0 Å². The molecule has 0 amide bonds. The van der Waals surface area contributed by atoms with Gasteiger partial charge in [-0.05, 0) is 48.4 Å². The Balaban J connectivity index is 1.62. The maximum Gasteiger partial charge on any atom is 0.305 e. The maximum atomic E-state index is 11.1. The Hall–Kier alpha value is -1.81. The molecule has 0 unspecified atom stereocenters. The van der Waals surface area contributed by atoms with Gasteiger partial charge in [-0.25, -0.2) is 0 Å². The normalized spacial score (nSPS) is 14.5. The monoisotopic (exact) mass is 286 g/mol. The fourth-order valence-corrected chi connectivity index (χ4v) is 2.60. The first-order valence-corrected chi connectivity index (χ1v) is 7.64. The molecule has 1 aliphatic carbocycles. The molecule has 1 aliphatic rings. The smallest absolute Gasteiger partial charge is 0.305 e. The second kappa shape index (κ2) is 6.31. The van der Waals surface area contributed by atoms with E-state index in [1.165, 1.54) is 36.4 Å². The molecule has 0 aliphatic heterocycles. The van der Waals surface area contributed by atoms with E-state index >= 15 is 0 Å². The lowest BCUT2D eigenvalue weighted by Crippen LogP contribution is -2.15. The zero-order chi connectivity index (χ0) is 14.7. The van der Waals surface area contributed by atoms with Gasteiger partial charge < -0.3 is 14.6 Å². The van der Waals surface area contributed by atoms with E-state index in [4.69, 9.17) is 0 Å². The molecule has 0 spiro atoms. The van der Waals surface area contributed by atoms with Crippen LogP contribution in [0.4, 0.5) is 0 Å². The number of carbonyl (C=O) groups excluding carboxylic acids is 1. The zero-order valence-electron chi connectivity index (χ0n) is 12.5. The van der Waals surface area contributed by atoms with E-state index in [9.17, 15) is 4.79 Å². The van der Waals surface area contributed by atoms with Gasteiger partial charge in [0.1, 0.15) is 0 Å². The fourth-order valence-electron chi connectivity index (χ4n) is 2.60. The third kappa shape index (κ3) is 3.64. The summed E-state index contributed by atoms with van der Waals surface area (Å²) in [6, 6.07) is 9.50. The van der Waals surface area contributed by atoms with Crippen LogP contribution < -0.4 is 5.32 Å². The van der Waals surface area contributed by atoms with Crippen LogP contribution in [0.25, 0.3) is 10.9 Å². The Labute approximate surface area is 125 Å². The lowest BCUT2D eigenvalue weighted by Gasteiger charge is -2.07. The van der Waals surface area contributed by atoms with Gasteiger partial charge in [0.2, 0.25) is 0 Å². The minimum absolute atomic E-state index is 0.139. The molecule has 2 aromatic rings. The lowest BCUT2D eigenvalue weighted by molar-refractivity contribution is -0.140. The van der Waals surface area contributed by atoms with Crippen molar-refractivity contribution in [1.82, 2.24) is 9.88 Å². The van der Waals surface area contributed by atoms with E-state index in [1.54, 1.807) is 0 Å². The Morgan fingerprint density at radius 3 is 3.00 bits per heavy atom. The Morgan fingerprint density at radius 2 is 2.24 bits per heavy atom. The third-order valence-electron chi connectivity index (χ3n) is 4.02. The van der Waals surface area contributed by atoms with Gasteiger partial charge >= 0.3 is 5.97 Å². The van der Waals surface area contributed by atoms with Crippen LogP contribution in [0.5, 0.6) is 0 Å². The molecule has 4 heteroatoms. The predicted octanol–water partition coefficient (Wildman–Crippen LogP) is 2.85. The molecule has 0 atom stereocenters. The summed E-state index contributed by atoms with van der Waals surface area (Å²) >= 11 is 0. The topological polar surface area (TPSA) is 43.3 Å². The van der Waals surface area contributed by atoms with Gasteiger partial charge in [-0.2, -0.15) is 0 Å². The summed E-state index contributed by atoms with van der Waals surface area (Å²) < 4.78 is 6.87. The number of rotatable bonds is 7. The van der Waals surface area contributed by atoms with E-state index in [2.05, 4.69) is 45.1 Å². The first kappa shape index (κ1) is 14.1. The van der Waals surface area contributed by atoms with Crippen molar-refractivity contribution in [2.45, 2.75) is 44.8 Å². The molecule has 1 saturated carbocycles. The molecule has 3 rings (SSSR count). The number of aryl methyl sites for hydroxylation is 1. The first-order chi connectivity index (χ1) is 10.3. The number of hydrogen-bond acceptors (Lipinski definition) is 3. The summed E-state index contributed by atoms with van der Waals surface area (Å²) in [5, 5.41) is 4.81. The number of ether oxygens (including phenoxy) is 1. The minimum atomic E-state index is -0.139. The average molecular weight is 286 g/mol. The van der Waals surface area contributed by atoms with Gasteiger partial charge in [-0.1, -0.05) is 6.07 Å². The number of aromatic nitrogens is 1. The van der Waals surface area contributed by atoms with Crippen molar-refractivity contribution in [3.8, 4) is 0 Å². The molecule has 112 valence electrons. The second-order valence-electron chi connectivity index (χ2n) is 5.74. The molecule has 1 N–H and O–H groups in total. The summed E-state index contributed by atoms with van der Waals surface area (Å²) in [6.45, 7) is 1.80. The molecule has 4 nitrogen and oxygen atoms in total. The largest absolute Gasteiger partial charge is 0.469 e. The summed E-state index contributed by atoms with van der Waals surface area (Å²) in [4.78, 5) is 11.1. The van der Waals surface area contributed by atoms with Gasteiger partial charge in [0.25, 0.3) is 0 Å². The van der Waals surface area contributed by atoms with Crippen LogP contribution in [0.2, 0.25) is 0 Å². The average Bonchev–Trinajstić information content (AvgIpc) is 3.25. The molecule has 1 aromatic carbocycles. The molecular formula is C17H22N2O2. The predicted molar refractivity (Wildman–Crippen MR) is 83.0 cm³/mol. The molecule has 1 aromatic heterocycles. The molecule has 21 heavy (non-hydrogen) atoms. The minimum Gasteiger partial charge on any atom is -0.469 e. The highest BCUT2D eigenvalue weighted by molar-refractivity contribution is 5.80. The van der Waals surface area contributed by atoms with Crippen LogP contribution in [0.3, 0.4) is 0 Å². The molecule has 1 fully saturated rings. The number of benzene rings is 1. The van der Waals surface area contributed by atoms with E-state index < -0.39 is 0 Å². The van der Waals surface area contributed by atoms with Crippen molar-refractivity contribution < 1.29 is 9.53 Å². The van der Waals surface area contributed by atoms with Crippen LogP contribution in [-0.2, 0) is 22.6 Å². The van der Waals surface area contributed by atoms with Crippen molar-refractivity contribution in [3.63, 3.8) is 0 Å². The summed E-state index contributed by atoms with van der Waals surface area (Å²) in [5.41, 5.74) is 2.57. The van der Waals surface area contributed by atoms with Crippen LogP contribution in [0.15, 0.2) is 30.5 Å². The highest BCUT2D eigenvalue weighted by atomic mass is 16.5. The number of fused-ring (bicyclic) bond motifs is 1. The van der Waals surface area contributed by atoms with Crippen LogP contribution >= 0.6 is 0 Å². The van der Waals surface area contributed by atoms with Gasteiger partial charge in [-0.15, -0.1) is 0 Å². The number of carbonyl (C=O) groups is 1. The van der Waals surface area contributed by atoms with Gasteiger partial charge in [0.15, 0.2) is 0 Å². The van der Waals surface area contributed by atoms with Crippen molar-refractivity contribution >= 4 is 16.9 Å². The standard InChI is InChI=1S/C17H22N2O2/c1-21-17(20)3-2-9-19-10-8-14-11-13(4-7-16(14)19)12-18-15-5-6-15/h4,7-8,10-11,15,18H,2-3,5-6,9,12H2,1H3. The van der Waals surface area contributed by atoms with E-state index in [0.717, 1.165) is 25.6 Å². The van der Waals surface area contributed by atoms with Crippen LogP contribution in [0.1, 0.15) is 31.2 Å². The van der Waals surface area contributed by atoms with E-state index in [0.29, 0.717) is 6.42 Å². The number of esters is 1. The molecule has 0 bridgehead atoms. The van der Waals surface area contributed by atoms with Crippen LogP contribution in [-0.4, -0.2) is 23.7 Å². The highest BCUT2D eigenvalue weighted by Crippen LogP contribution is 2.21. The van der Waals surface area contributed by atoms with Gasteiger partial charge in [-0.3, -0.25) is 4.79 Å². The summed E-state index contributed by atoms with van der Waals surface area (Å²) in [5.74, 6) is -0.139. The maximum absolute atomic E-state index is 11.1. The summed E-state index contributed by atoms with van der Waals surface area (Å²) in [6.07, 6.45) is 6.01. The third-order valence-corrected chi connectivity index (χ3v) is 4.02. The first-order valence-electron chi connectivity index (χ1n) is 7.64. The quantitative estimate of drug-likeness (QED) is 0.796. The van der Waals surface area contributed by atoms with Gasteiger partial charge in [0, 0.05) is 37.3 Å². The Morgan fingerprint density at radius 1 is 1.38 bits per heavy atom. The number of nitrogens with one attached hydrogen (secondary N) is 1. The number of methoxy groups -OCH3 is 1. The Bertz CT molecular complexity index is 629. The Kier molecular flexibility index (Phi) is 4.25. The summed E-state index contributed by atoms with van der Waals surface area (Å²) in [7, 11) is 1.44. The molecule has 0 radical (unpaired) electrons. The van der Waals surface area contributed by atoms with E-state index in [-0.39, 0.29) is 5.97 Å².